The summed E-state index contributed by atoms with van der Waals surface area (Å²) < 4.78 is 85.4. The van der Waals surface area contributed by atoms with Gasteiger partial charge < -0.3 is 15.1 Å². The number of benzene rings is 3. The van der Waals surface area contributed by atoms with Crippen molar-refractivity contribution in [3.63, 3.8) is 0 Å². The van der Waals surface area contributed by atoms with Crippen molar-refractivity contribution < 1.29 is 35.2 Å². The van der Waals surface area contributed by atoms with Gasteiger partial charge in [-0.2, -0.15) is 13.2 Å². The third kappa shape index (κ3) is 5.95. The maximum absolute atomic E-state index is 13.8. The number of hydrogen-bond acceptors (Lipinski definition) is 5. The van der Waals surface area contributed by atoms with Gasteiger partial charge in [0, 0.05) is 11.5 Å². The highest BCUT2D eigenvalue weighted by Crippen LogP contribution is 2.33. The maximum atomic E-state index is 13.8. The van der Waals surface area contributed by atoms with Crippen LogP contribution in [0.15, 0.2) is 82.3 Å². The van der Waals surface area contributed by atoms with E-state index in [4.69, 9.17) is 4.42 Å². The molecule has 1 aromatic heterocycles. The van der Waals surface area contributed by atoms with E-state index >= 15 is 0 Å². The Bertz CT molecular complexity index is 1670. The molecule has 40 heavy (non-hydrogen) atoms. The van der Waals surface area contributed by atoms with E-state index in [2.05, 4.69) is 10.6 Å². The molecule has 1 aliphatic rings. The molecule has 1 unspecified atom stereocenters. The Labute approximate surface area is 227 Å². The van der Waals surface area contributed by atoms with E-state index in [1.54, 1.807) is 36.4 Å². The minimum Gasteiger partial charge on any atom is -0.445 e. The van der Waals surface area contributed by atoms with Crippen molar-refractivity contribution in [1.82, 2.24) is 10.6 Å². The van der Waals surface area contributed by atoms with E-state index in [1.807, 2.05) is 0 Å². The van der Waals surface area contributed by atoms with Crippen LogP contribution in [-0.2, 0) is 20.8 Å². The third-order valence-electron chi connectivity index (χ3n) is 6.62. The molecule has 0 aliphatic carbocycles. The summed E-state index contributed by atoms with van der Waals surface area (Å²) in [6.45, 7) is 0.634. The lowest BCUT2D eigenvalue weighted by Gasteiger charge is -2.21. The number of furan rings is 1. The molecule has 208 valence electrons. The van der Waals surface area contributed by atoms with Gasteiger partial charge in [-0.1, -0.05) is 42.5 Å². The fraction of sp³-hybridized carbons (Fsp3) is 0.207. The second-order valence-corrected chi connectivity index (χ2v) is 11.4. The van der Waals surface area contributed by atoms with Crippen LogP contribution < -0.4 is 10.6 Å². The maximum Gasteiger partial charge on any atom is 0.416 e. The number of alkyl halides is 3. The van der Waals surface area contributed by atoms with Crippen LogP contribution in [0.2, 0.25) is 0 Å². The average Bonchev–Trinajstić information content (AvgIpc) is 3.61. The zero-order valence-electron chi connectivity index (χ0n) is 20.9. The van der Waals surface area contributed by atoms with Crippen LogP contribution in [-0.4, -0.2) is 26.9 Å². The van der Waals surface area contributed by atoms with E-state index in [0.717, 1.165) is 30.7 Å². The molecule has 1 amide bonds. The Morgan fingerprint density at radius 1 is 1.00 bits per heavy atom. The molecular formula is C29H24F4N2O4S. The molecule has 0 bridgehead atoms. The molecule has 1 fully saturated rings. The number of fused-ring (bicyclic) bond motifs is 1. The first-order valence-corrected chi connectivity index (χ1v) is 14.0. The van der Waals surface area contributed by atoms with Crippen molar-refractivity contribution >= 4 is 38.9 Å². The van der Waals surface area contributed by atoms with Crippen LogP contribution in [0.1, 0.15) is 40.5 Å². The second-order valence-electron chi connectivity index (χ2n) is 9.45. The number of amides is 1. The lowest BCUT2D eigenvalue weighted by molar-refractivity contribution is -0.137. The zero-order chi connectivity index (χ0) is 28.5. The van der Waals surface area contributed by atoms with Crippen molar-refractivity contribution in [2.45, 2.75) is 35.5 Å². The highest BCUT2D eigenvalue weighted by Gasteiger charge is 2.36. The summed E-state index contributed by atoms with van der Waals surface area (Å²) in [4.78, 5) is 13.0. The molecule has 2 N–H and O–H groups in total. The van der Waals surface area contributed by atoms with Crippen LogP contribution >= 0.6 is 0 Å². The first-order chi connectivity index (χ1) is 19.0. The highest BCUT2D eigenvalue weighted by molar-refractivity contribution is 7.91. The molecular weight excluding hydrogens is 548 g/mol. The van der Waals surface area contributed by atoms with Crippen molar-refractivity contribution in [1.29, 1.82) is 0 Å². The number of halogens is 4. The Morgan fingerprint density at radius 3 is 2.45 bits per heavy atom. The number of nitrogens with one attached hydrogen (secondary N) is 2. The highest BCUT2D eigenvalue weighted by atomic mass is 32.2. The SMILES string of the molecule is O=C(N[C@H](c1cccc(/C=C/c2ccc(C(F)(F)F)cc2)c1)S(=O)(=O)c1cc2cc(F)ccc2o1)C1CCCN1. The van der Waals surface area contributed by atoms with Crippen LogP contribution in [0.3, 0.4) is 0 Å². The second kappa shape index (κ2) is 10.9. The predicted octanol–water partition coefficient (Wildman–Crippen LogP) is 6.10. The van der Waals surface area contributed by atoms with Crippen molar-refractivity contribution in [2.75, 3.05) is 6.54 Å². The smallest absolute Gasteiger partial charge is 0.416 e. The summed E-state index contributed by atoms with van der Waals surface area (Å²) >= 11 is 0. The molecule has 1 saturated heterocycles. The topological polar surface area (TPSA) is 88.4 Å². The fourth-order valence-electron chi connectivity index (χ4n) is 4.53. The number of carbonyl (C=O) groups excluding carboxylic acids is 1. The van der Waals surface area contributed by atoms with Crippen LogP contribution in [0.25, 0.3) is 23.1 Å². The number of hydrogen-bond donors (Lipinski definition) is 2. The van der Waals surface area contributed by atoms with E-state index in [1.165, 1.54) is 24.3 Å². The molecule has 2 heterocycles. The zero-order valence-corrected chi connectivity index (χ0v) is 21.7. The standard InChI is InChI=1S/C29H24F4N2O4S/c30-23-12-13-25-21(16-23)17-26(39-25)40(37,38)28(35-27(36)24-5-2-14-34-24)20-4-1-3-19(15-20)7-6-18-8-10-22(11-9-18)29(31,32)33/h1,3-4,6-13,15-17,24,28,34H,2,5,14H2,(H,35,36)/b7-6+/t24?,28-/m0/s1. The van der Waals surface area contributed by atoms with Gasteiger partial charge in [-0.15, -0.1) is 0 Å². The van der Waals surface area contributed by atoms with E-state index in [0.29, 0.717) is 24.1 Å². The first-order valence-electron chi connectivity index (χ1n) is 12.4. The fourth-order valence-corrected chi connectivity index (χ4v) is 6.03. The Hall–Kier alpha value is -3.96. The van der Waals surface area contributed by atoms with Crippen LogP contribution in [0.4, 0.5) is 17.6 Å². The quantitative estimate of drug-likeness (QED) is 0.206. The minimum absolute atomic E-state index is 0.177. The summed E-state index contributed by atoms with van der Waals surface area (Å²) in [5.41, 5.74) is 0.721. The van der Waals surface area contributed by atoms with Gasteiger partial charge in [0.15, 0.2) is 5.37 Å². The van der Waals surface area contributed by atoms with Gasteiger partial charge in [-0.05, 0) is 72.5 Å². The Morgan fingerprint density at radius 2 is 1.75 bits per heavy atom. The molecule has 5 rings (SSSR count). The summed E-state index contributed by atoms with van der Waals surface area (Å²) in [7, 11) is -4.34. The lowest BCUT2D eigenvalue weighted by Crippen LogP contribution is -2.44. The normalized spacial score (nSPS) is 16.9. The van der Waals surface area contributed by atoms with Crippen molar-refractivity contribution in [2.24, 2.45) is 0 Å². The van der Waals surface area contributed by atoms with Gasteiger partial charge in [-0.25, -0.2) is 12.8 Å². The van der Waals surface area contributed by atoms with Crippen molar-refractivity contribution in [3.8, 4) is 0 Å². The molecule has 1 aliphatic heterocycles. The van der Waals surface area contributed by atoms with Crippen LogP contribution in [0.5, 0.6) is 0 Å². The van der Waals surface area contributed by atoms with E-state index in [9.17, 15) is 30.8 Å². The van der Waals surface area contributed by atoms with Gasteiger partial charge >= 0.3 is 6.18 Å². The monoisotopic (exact) mass is 572 g/mol. The molecule has 0 saturated carbocycles. The third-order valence-corrected chi connectivity index (χ3v) is 8.39. The predicted molar refractivity (Wildman–Crippen MR) is 142 cm³/mol. The summed E-state index contributed by atoms with van der Waals surface area (Å²) in [5.74, 6) is -1.04. The van der Waals surface area contributed by atoms with Gasteiger partial charge in [0.25, 0.3) is 0 Å². The Kier molecular flexibility index (Phi) is 7.52. The number of carbonyl (C=O) groups is 1. The van der Waals surface area contributed by atoms with E-state index in [-0.39, 0.29) is 16.5 Å². The molecule has 0 spiro atoms. The number of rotatable bonds is 7. The minimum atomic E-state index is -4.44. The summed E-state index contributed by atoms with van der Waals surface area (Å²) in [6, 6.07) is 15.3. The molecule has 4 aromatic rings. The molecule has 3 aromatic carbocycles. The van der Waals surface area contributed by atoms with Crippen molar-refractivity contribution in [3.05, 3.63) is 101 Å². The first kappa shape index (κ1) is 27.6. The van der Waals surface area contributed by atoms with Gasteiger partial charge in [0.2, 0.25) is 20.8 Å². The number of sulfone groups is 1. The summed E-state index contributed by atoms with van der Waals surface area (Å²) in [5, 5.41) is 3.99. The van der Waals surface area contributed by atoms with Crippen LogP contribution in [0, 0.1) is 5.82 Å². The summed E-state index contributed by atoms with van der Waals surface area (Å²) in [6.07, 6.45) is 0.106. The lowest BCUT2D eigenvalue weighted by atomic mass is 10.1. The molecule has 0 radical (unpaired) electrons. The molecule has 6 nitrogen and oxygen atoms in total. The van der Waals surface area contributed by atoms with Gasteiger partial charge in [0.05, 0.1) is 11.6 Å². The van der Waals surface area contributed by atoms with E-state index < -0.39 is 49.8 Å². The average molecular weight is 573 g/mol. The molecule has 11 heteroatoms. The van der Waals surface area contributed by atoms with Gasteiger partial charge in [0.1, 0.15) is 11.4 Å². The Balaban J connectivity index is 1.48. The largest absolute Gasteiger partial charge is 0.445 e. The van der Waals surface area contributed by atoms with Gasteiger partial charge in [-0.3, -0.25) is 4.79 Å². The molecule has 2 atom stereocenters.